The number of aromatic nitrogens is 3. The van der Waals surface area contributed by atoms with Gasteiger partial charge >= 0.3 is 0 Å². The van der Waals surface area contributed by atoms with Crippen LogP contribution < -0.4 is 5.32 Å². The van der Waals surface area contributed by atoms with Gasteiger partial charge in [-0.1, -0.05) is 12.1 Å². The highest BCUT2D eigenvalue weighted by Crippen LogP contribution is 2.23. The Bertz CT molecular complexity index is 1040. The minimum atomic E-state index is -0.312. The number of fused-ring (bicyclic) bond motifs is 2. The third kappa shape index (κ3) is 3.21. The summed E-state index contributed by atoms with van der Waals surface area (Å²) in [5.74, 6) is -0.851. The van der Waals surface area contributed by atoms with Gasteiger partial charge in [-0.15, -0.1) is 10.2 Å². The molecule has 0 bridgehead atoms. The zero-order valence-electron chi connectivity index (χ0n) is 14.1. The van der Waals surface area contributed by atoms with E-state index in [2.05, 4.69) is 31.4 Å². The lowest BCUT2D eigenvalue weighted by molar-refractivity contribution is -0.116. The summed E-state index contributed by atoms with van der Waals surface area (Å²) in [5.41, 5.74) is 1.89. The third-order valence-corrected chi connectivity index (χ3v) is 4.73. The number of rotatable bonds is 5. The maximum atomic E-state index is 12.3. The molecule has 0 spiro atoms. The van der Waals surface area contributed by atoms with Gasteiger partial charge in [0.2, 0.25) is 5.91 Å². The van der Waals surface area contributed by atoms with Crippen LogP contribution in [0.1, 0.15) is 33.6 Å². The fourth-order valence-electron chi connectivity index (χ4n) is 3.05. The molecule has 3 aromatic rings. The van der Waals surface area contributed by atoms with E-state index in [0.29, 0.717) is 28.9 Å². The number of anilines is 1. The molecule has 0 aliphatic carbocycles. The first-order valence-electron chi connectivity index (χ1n) is 8.28. The van der Waals surface area contributed by atoms with Crippen molar-refractivity contribution in [3.63, 3.8) is 0 Å². The van der Waals surface area contributed by atoms with Crippen molar-refractivity contribution in [3.05, 3.63) is 58.5 Å². The minimum Gasteiger partial charge on any atom is -0.323 e. The lowest BCUT2D eigenvalue weighted by atomic mass is 10.1. The molecule has 1 aromatic carbocycles. The number of hydrogen-bond acceptors (Lipinski definition) is 5. The van der Waals surface area contributed by atoms with Crippen LogP contribution in [0.2, 0.25) is 0 Å². The van der Waals surface area contributed by atoms with Gasteiger partial charge in [0, 0.05) is 23.6 Å². The zero-order chi connectivity index (χ0) is 19.0. The van der Waals surface area contributed by atoms with Crippen molar-refractivity contribution in [2.45, 2.75) is 12.8 Å². The fourth-order valence-corrected chi connectivity index (χ4v) is 3.50. The van der Waals surface area contributed by atoms with E-state index in [1.54, 1.807) is 40.9 Å². The summed E-state index contributed by atoms with van der Waals surface area (Å²) in [7, 11) is 0. The molecule has 136 valence electrons. The number of carbonyl (C=O) groups is 3. The normalized spacial score (nSPS) is 13.3. The van der Waals surface area contributed by atoms with E-state index in [-0.39, 0.29) is 30.7 Å². The average molecular weight is 428 g/mol. The molecule has 0 unspecified atom stereocenters. The number of benzene rings is 1. The second-order valence-corrected chi connectivity index (χ2v) is 7.01. The SMILES string of the molecule is O=C(CCCN1C(=O)c2ccccc2C1=O)Nc1cc(Br)cn2cnnc12. The van der Waals surface area contributed by atoms with Gasteiger partial charge in [-0.05, 0) is 40.5 Å². The van der Waals surface area contributed by atoms with E-state index in [1.165, 1.54) is 11.2 Å². The van der Waals surface area contributed by atoms with E-state index < -0.39 is 0 Å². The summed E-state index contributed by atoms with van der Waals surface area (Å²) in [4.78, 5) is 38.1. The molecule has 3 amide bonds. The minimum absolute atomic E-state index is 0.167. The van der Waals surface area contributed by atoms with Gasteiger partial charge in [0.15, 0.2) is 5.65 Å². The van der Waals surface area contributed by atoms with Crippen molar-refractivity contribution in [3.8, 4) is 0 Å². The highest BCUT2D eigenvalue weighted by atomic mass is 79.9. The van der Waals surface area contributed by atoms with Gasteiger partial charge < -0.3 is 5.32 Å². The second kappa shape index (κ2) is 6.92. The predicted molar refractivity (Wildman–Crippen MR) is 100 cm³/mol. The Labute approximate surface area is 162 Å². The van der Waals surface area contributed by atoms with Crippen LogP contribution in [0.5, 0.6) is 0 Å². The van der Waals surface area contributed by atoms with Crippen molar-refractivity contribution >= 4 is 45.0 Å². The molecule has 0 saturated heterocycles. The van der Waals surface area contributed by atoms with Gasteiger partial charge in [-0.25, -0.2) is 0 Å². The van der Waals surface area contributed by atoms with Crippen LogP contribution >= 0.6 is 15.9 Å². The van der Waals surface area contributed by atoms with Crippen LogP contribution in [-0.4, -0.2) is 43.8 Å². The molecule has 2 aromatic heterocycles. The molecule has 8 nitrogen and oxygen atoms in total. The molecule has 3 heterocycles. The van der Waals surface area contributed by atoms with Gasteiger partial charge in [0.1, 0.15) is 6.33 Å². The quantitative estimate of drug-likeness (QED) is 0.630. The third-order valence-electron chi connectivity index (χ3n) is 4.30. The monoisotopic (exact) mass is 427 g/mol. The first kappa shape index (κ1) is 17.3. The van der Waals surface area contributed by atoms with Crippen molar-refractivity contribution < 1.29 is 14.4 Å². The molecule has 1 aliphatic heterocycles. The Kier molecular flexibility index (Phi) is 4.44. The molecular formula is C18H14BrN5O3. The lowest BCUT2D eigenvalue weighted by Crippen LogP contribution is -2.31. The van der Waals surface area contributed by atoms with Crippen LogP contribution in [0, 0.1) is 0 Å². The fraction of sp³-hybridized carbons (Fsp3) is 0.167. The average Bonchev–Trinajstić information content (AvgIpc) is 3.21. The smallest absolute Gasteiger partial charge is 0.261 e. The summed E-state index contributed by atoms with van der Waals surface area (Å²) >= 11 is 3.37. The highest BCUT2D eigenvalue weighted by Gasteiger charge is 2.34. The molecule has 0 saturated carbocycles. The van der Waals surface area contributed by atoms with Crippen molar-refractivity contribution in [1.29, 1.82) is 0 Å². The van der Waals surface area contributed by atoms with Gasteiger partial charge in [0.05, 0.1) is 16.8 Å². The Morgan fingerprint density at radius 1 is 1.15 bits per heavy atom. The van der Waals surface area contributed by atoms with Gasteiger partial charge in [-0.3, -0.25) is 23.7 Å². The summed E-state index contributed by atoms with van der Waals surface area (Å²) in [6, 6.07) is 8.47. The maximum absolute atomic E-state index is 12.3. The number of amides is 3. The standard InChI is InChI=1S/C18H14BrN5O3/c19-11-8-14(16-22-20-10-23(16)9-11)21-15(25)6-3-7-24-17(26)12-4-1-2-5-13(12)18(24)27/h1-2,4-5,8-10H,3,6-7H2,(H,21,25). The van der Waals surface area contributed by atoms with Crippen molar-refractivity contribution in [2.75, 3.05) is 11.9 Å². The highest BCUT2D eigenvalue weighted by molar-refractivity contribution is 9.10. The number of pyridine rings is 1. The topological polar surface area (TPSA) is 96.7 Å². The van der Waals surface area contributed by atoms with Crippen LogP contribution in [0.3, 0.4) is 0 Å². The number of carbonyl (C=O) groups excluding carboxylic acids is 3. The number of halogens is 1. The molecule has 1 aliphatic rings. The van der Waals surface area contributed by atoms with Crippen LogP contribution in [0.25, 0.3) is 5.65 Å². The van der Waals surface area contributed by atoms with E-state index in [0.717, 1.165) is 4.47 Å². The molecule has 0 radical (unpaired) electrons. The van der Waals surface area contributed by atoms with Crippen molar-refractivity contribution in [1.82, 2.24) is 19.5 Å². The molecule has 9 heteroatoms. The first-order chi connectivity index (χ1) is 13.0. The molecular weight excluding hydrogens is 414 g/mol. The second-order valence-electron chi connectivity index (χ2n) is 6.09. The van der Waals surface area contributed by atoms with Crippen LogP contribution in [0.15, 0.2) is 47.3 Å². The Morgan fingerprint density at radius 3 is 2.56 bits per heavy atom. The molecule has 27 heavy (non-hydrogen) atoms. The lowest BCUT2D eigenvalue weighted by Gasteiger charge is -2.13. The predicted octanol–water partition coefficient (Wildman–Crippen LogP) is 2.51. The molecule has 0 fully saturated rings. The van der Waals surface area contributed by atoms with Crippen molar-refractivity contribution in [2.24, 2.45) is 0 Å². The van der Waals surface area contributed by atoms with E-state index in [1.807, 2.05) is 0 Å². The Morgan fingerprint density at radius 2 is 1.85 bits per heavy atom. The number of nitrogens with zero attached hydrogens (tertiary/aromatic N) is 4. The number of hydrogen-bond donors (Lipinski definition) is 1. The number of nitrogens with one attached hydrogen (secondary N) is 1. The molecule has 0 atom stereocenters. The Hall–Kier alpha value is -3.07. The zero-order valence-corrected chi connectivity index (χ0v) is 15.6. The van der Waals surface area contributed by atoms with E-state index in [4.69, 9.17) is 0 Å². The number of imide groups is 1. The van der Waals surface area contributed by atoms with E-state index in [9.17, 15) is 14.4 Å². The summed E-state index contributed by atoms with van der Waals surface area (Å²) in [6.45, 7) is 0.193. The molecule has 4 rings (SSSR count). The van der Waals surface area contributed by atoms with Gasteiger partial charge in [0.25, 0.3) is 11.8 Å². The largest absolute Gasteiger partial charge is 0.323 e. The summed E-state index contributed by atoms with van der Waals surface area (Å²) in [5, 5.41) is 10.6. The van der Waals surface area contributed by atoms with E-state index >= 15 is 0 Å². The van der Waals surface area contributed by atoms with Crippen LogP contribution in [0.4, 0.5) is 5.69 Å². The molecule has 1 N–H and O–H groups in total. The first-order valence-corrected chi connectivity index (χ1v) is 9.08. The summed E-state index contributed by atoms with van der Waals surface area (Å²) < 4.78 is 2.47. The Balaban J connectivity index is 1.37. The maximum Gasteiger partial charge on any atom is 0.261 e. The van der Waals surface area contributed by atoms with Gasteiger partial charge in [-0.2, -0.15) is 0 Å². The summed E-state index contributed by atoms with van der Waals surface area (Å²) in [6.07, 6.45) is 3.86. The van der Waals surface area contributed by atoms with Crippen LogP contribution in [-0.2, 0) is 4.79 Å².